The van der Waals surface area contributed by atoms with Crippen molar-refractivity contribution in [1.82, 2.24) is 0 Å². The number of rotatable bonds is 1. The molecule has 1 spiro atoms. The van der Waals surface area contributed by atoms with Gasteiger partial charge in [0.05, 0.1) is 6.26 Å². The summed E-state index contributed by atoms with van der Waals surface area (Å²) in [5.41, 5.74) is 2.85. The number of ether oxygens (including phenoxy) is 1. The van der Waals surface area contributed by atoms with Gasteiger partial charge in [0, 0.05) is 6.07 Å². The Morgan fingerprint density at radius 1 is 0.947 bits per heavy atom. The van der Waals surface area contributed by atoms with E-state index < -0.39 is 30.0 Å². The summed E-state index contributed by atoms with van der Waals surface area (Å²) in [6.45, 7) is 6.75. The minimum absolute atomic E-state index is 0.219. The molecule has 0 saturated heterocycles. The standard InChI is InChI=1S/C25H34O2.C6H10O5/c1-23-12-10-21-18(9-13-25-14-17(25)4-3-11-24(21,25)2)20(23)7-6-19(23)16-5-8-22(26)27-15-16;1-2-3(7)4(8)5(9)6(10)11-2/h5,8,15,17-21H,3-4,6-7,9-14H2,1-2H3;2-4,7-10H,1H3/t17?,18-,19+,20-,21-,23+,24+,25?;2-,3-,4+/m01/s1. The molecule has 1 aromatic heterocycles. The maximum Gasteiger partial charge on any atom is 0.335 e. The van der Waals surface area contributed by atoms with E-state index in [4.69, 9.17) is 24.8 Å². The van der Waals surface area contributed by atoms with E-state index in [1.54, 1.807) is 18.8 Å². The largest absolute Gasteiger partial charge is 0.504 e. The van der Waals surface area contributed by atoms with Crippen LogP contribution >= 0.6 is 0 Å². The lowest BCUT2D eigenvalue weighted by Crippen LogP contribution is -2.53. The van der Waals surface area contributed by atoms with E-state index in [1.807, 2.05) is 6.07 Å². The van der Waals surface area contributed by atoms with Crippen LogP contribution in [0.4, 0.5) is 0 Å². The van der Waals surface area contributed by atoms with Crippen molar-refractivity contribution in [3.05, 3.63) is 46.1 Å². The van der Waals surface area contributed by atoms with Crippen LogP contribution < -0.4 is 5.63 Å². The van der Waals surface area contributed by atoms with Gasteiger partial charge in [-0.25, -0.2) is 4.79 Å². The first kappa shape index (κ1) is 26.2. The highest BCUT2D eigenvalue weighted by molar-refractivity contribution is 5.25. The molecule has 7 heteroatoms. The zero-order valence-corrected chi connectivity index (χ0v) is 22.9. The second kappa shape index (κ2) is 9.02. The van der Waals surface area contributed by atoms with Gasteiger partial charge >= 0.3 is 11.6 Å². The van der Waals surface area contributed by atoms with E-state index in [0.29, 0.717) is 16.7 Å². The van der Waals surface area contributed by atoms with Crippen molar-refractivity contribution in [2.24, 2.45) is 39.9 Å². The van der Waals surface area contributed by atoms with Crippen LogP contribution in [0.2, 0.25) is 0 Å². The van der Waals surface area contributed by atoms with Gasteiger partial charge < -0.3 is 29.6 Å². The van der Waals surface area contributed by atoms with Crippen LogP contribution in [0.5, 0.6) is 0 Å². The van der Waals surface area contributed by atoms with Gasteiger partial charge in [-0.05, 0) is 122 Å². The van der Waals surface area contributed by atoms with Gasteiger partial charge in [-0.15, -0.1) is 0 Å². The zero-order chi connectivity index (χ0) is 27.0. The van der Waals surface area contributed by atoms with Crippen LogP contribution in [0.1, 0.15) is 96.5 Å². The Labute approximate surface area is 224 Å². The molecule has 1 aliphatic heterocycles. The SMILES string of the molecule is C[C@H]1OC(O)=C(O)[C@@H](O)[C@@H]1O.C[C@]12CC[C@H]3[C@@H](CCC45CC4CCC[C@]35C)[C@@H]1CC[C@@H]2c1ccc(=O)oc1. The molecule has 2 unspecified atom stereocenters. The van der Waals surface area contributed by atoms with E-state index in [0.717, 1.165) is 29.1 Å². The Kier molecular flexibility index (Phi) is 6.23. The van der Waals surface area contributed by atoms with Crippen LogP contribution in [0.15, 0.2) is 39.3 Å². The second-order valence-corrected chi connectivity index (χ2v) is 13.8. The number of aliphatic hydroxyl groups excluding tert-OH is 4. The van der Waals surface area contributed by atoms with E-state index >= 15 is 0 Å². The Morgan fingerprint density at radius 2 is 1.74 bits per heavy atom. The molecule has 4 N–H and O–H groups in total. The minimum Gasteiger partial charge on any atom is -0.504 e. The van der Waals surface area contributed by atoms with Crippen molar-refractivity contribution < 1.29 is 29.6 Å². The number of hydrogen-bond donors (Lipinski definition) is 4. The lowest BCUT2D eigenvalue weighted by molar-refractivity contribution is -0.118. The van der Waals surface area contributed by atoms with Gasteiger partial charge in [0.1, 0.15) is 18.3 Å². The van der Waals surface area contributed by atoms with Crippen molar-refractivity contribution in [3.63, 3.8) is 0 Å². The fraction of sp³-hybridized carbons (Fsp3) is 0.774. The van der Waals surface area contributed by atoms with E-state index in [1.165, 1.54) is 70.3 Å². The van der Waals surface area contributed by atoms with Gasteiger partial charge in [0.2, 0.25) is 5.76 Å². The lowest BCUT2D eigenvalue weighted by Gasteiger charge is -2.61. The van der Waals surface area contributed by atoms with Crippen LogP contribution in [0.25, 0.3) is 0 Å². The van der Waals surface area contributed by atoms with Crippen LogP contribution in [-0.4, -0.2) is 38.7 Å². The average Bonchev–Trinajstić information content (AvgIpc) is 3.52. The molecule has 0 bridgehead atoms. The molecule has 2 heterocycles. The highest BCUT2D eigenvalue weighted by Crippen LogP contribution is 2.80. The van der Waals surface area contributed by atoms with E-state index in [9.17, 15) is 4.79 Å². The highest BCUT2D eigenvalue weighted by atomic mass is 16.6. The van der Waals surface area contributed by atoms with Crippen LogP contribution in [0.3, 0.4) is 0 Å². The first-order valence-corrected chi connectivity index (χ1v) is 14.8. The molecule has 6 aliphatic rings. The molecule has 0 aromatic carbocycles. The number of hydrogen-bond acceptors (Lipinski definition) is 7. The normalized spacial score (nSPS) is 48.9. The smallest absolute Gasteiger partial charge is 0.335 e. The highest BCUT2D eigenvalue weighted by Gasteiger charge is 2.71. The van der Waals surface area contributed by atoms with Gasteiger partial charge in [-0.2, -0.15) is 0 Å². The summed E-state index contributed by atoms with van der Waals surface area (Å²) in [6.07, 6.45) is 12.9. The monoisotopic (exact) mass is 528 g/mol. The second-order valence-electron chi connectivity index (χ2n) is 13.8. The van der Waals surface area contributed by atoms with Crippen LogP contribution in [-0.2, 0) is 4.74 Å². The fourth-order valence-electron chi connectivity index (χ4n) is 10.4. The maximum absolute atomic E-state index is 11.4. The van der Waals surface area contributed by atoms with Crippen molar-refractivity contribution in [2.75, 3.05) is 0 Å². The Morgan fingerprint density at radius 3 is 2.47 bits per heavy atom. The molecule has 0 amide bonds. The lowest BCUT2D eigenvalue weighted by atomic mass is 9.44. The van der Waals surface area contributed by atoms with Crippen molar-refractivity contribution in [3.8, 4) is 0 Å². The molecule has 7 nitrogen and oxygen atoms in total. The first-order chi connectivity index (χ1) is 18.0. The van der Waals surface area contributed by atoms with Gasteiger partial charge in [0.15, 0.2) is 0 Å². The summed E-state index contributed by atoms with van der Waals surface area (Å²) in [6, 6.07) is 3.67. The molecule has 5 aliphatic carbocycles. The Hall–Kier alpha value is -1.99. The van der Waals surface area contributed by atoms with Gasteiger partial charge in [-0.3, -0.25) is 0 Å². The molecule has 1 aromatic rings. The summed E-state index contributed by atoms with van der Waals surface area (Å²) in [5.74, 6) is 3.00. The third-order valence-corrected chi connectivity index (χ3v) is 12.5. The topological polar surface area (TPSA) is 120 Å². The zero-order valence-electron chi connectivity index (χ0n) is 22.9. The molecule has 38 heavy (non-hydrogen) atoms. The molecule has 210 valence electrons. The van der Waals surface area contributed by atoms with E-state index in [2.05, 4.69) is 18.6 Å². The molecular formula is C31H44O7. The Bertz CT molecular complexity index is 1140. The summed E-state index contributed by atoms with van der Waals surface area (Å²) >= 11 is 0. The third kappa shape index (κ3) is 3.71. The molecule has 11 atom stereocenters. The minimum atomic E-state index is -1.46. The van der Waals surface area contributed by atoms with Crippen molar-refractivity contribution >= 4 is 0 Å². The molecule has 5 fully saturated rings. The van der Waals surface area contributed by atoms with Crippen LogP contribution in [0, 0.1) is 39.9 Å². The van der Waals surface area contributed by atoms with Crippen molar-refractivity contribution in [1.29, 1.82) is 0 Å². The summed E-state index contributed by atoms with van der Waals surface area (Å²) in [4.78, 5) is 11.4. The summed E-state index contributed by atoms with van der Waals surface area (Å²) in [5, 5.41) is 35.6. The summed E-state index contributed by atoms with van der Waals surface area (Å²) < 4.78 is 9.81. The van der Waals surface area contributed by atoms with E-state index in [-0.39, 0.29) is 5.63 Å². The van der Waals surface area contributed by atoms with Crippen molar-refractivity contribution in [2.45, 2.75) is 109 Å². The molecule has 5 saturated carbocycles. The summed E-state index contributed by atoms with van der Waals surface area (Å²) in [7, 11) is 0. The molecular weight excluding hydrogens is 484 g/mol. The predicted molar refractivity (Wildman–Crippen MR) is 141 cm³/mol. The number of fused-ring (bicyclic) bond motifs is 4. The third-order valence-electron chi connectivity index (χ3n) is 12.5. The average molecular weight is 529 g/mol. The molecule has 0 radical (unpaired) electrons. The van der Waals surface area contributed by atoms with Gasteiger partial charge in [0.25, 0.3) is 0 Å². The Balaban J connectivity index is 0.000000204. The quantitative estimate of drug-likeness (QED) is 0.376. The first-order valence-electron chi connectivity index (χ1n) is 14.8. The predicted octanol–water partition coefficient (Wildman–Crippen LogP) is 5.57. The number of aliphatic hydroxyl groups is 4. The molecule has 7 rings (SSSR count). The maximum atomic E-state index is 11.4. The fourth-order valence-corrected chi connectivity index (χ4v) is 10.4. The van der Waals surface area contributed by atoms with Gasteiger partial charge in [-0.1, -0.05) is 20.3 Å².